The van der Waals surface area contributed by atoms with Gasteiger partial charge in [-0.2, -0.15) is 8.42 Å². The number of amides is 1. The van der Waals surface area contributed by atoms with E-state index in [0.717, 1.165) is 34.5 Å². The second-order valence-electron chi connectivity index (χ2n) is 7.49. The molecule has 3 aromatic rings. The molecule has 174 valence electrons. The number of benzene rings is 2. The van der Waals surface area contributed by atoms with Crippen molar-refractivity contribution in [1.82, 2.24) is 10.3 Å². The predicted molar refractivity (Wildman–Crippen MR) is 128 cm³/mol. The molecule has 33 heavy (non-hydrogen) atoms. The maximum atomic E-state index is 12.7. The van der Waals surface area contributed by atoms with Crippen molar-refractivity contribution in [3.05, 3.63) is 81.3 Å². The third kappa shape index (κ3) is 7.77. The first-order valence-corrected chi connectivity index (χ1v) is 12.7. The van der Waals surface area contributed by atoms with Crippen LogP contribution in [-0.2, 0) is 34.4 Å². The zero-order chi connectivity index (χ0) is 23.8. The molecule has 0 unspecified atom stereocenters. The first kappa shape index (κ1) is 24.6. The molecule has 1 aromatic heterocycles. The number of hydrogen-bond donors (Lipinski definition) is 3. The summed E-state index contributed by atoms with van der Waals surface area (Å²) in [5, 5.41) is 5.82. The van der Waals surface area contributed by atoms with Crippen molar-refractivity contribution in [2.45, 2.75) is 38.6 Å². The Morgan fingerprint density at radius 3 is 2.58 bits per heavy atom. The van der Waals surface area contributed by atoms with Crippen molar-refractivity contribution in [1.29, 1.82) is 0 Å². The Morgan fingerprint density at radius 1 is 1.18 bits per heavy atom. The van der Waals surface area contributed by atoms with Crippen molar-refractivity contribution in [2.75, 3.05) is 4.72 Å². The molecule has 0 bridgehead atoms. The fourth-order valence-electron chi connectivity index (χ4n) is 3.28. The van der Waals surface area contributed by atoms with Crippen LogP contribution < -0.4 is 10.0 Å². The largest absolute Gasteiger partial charge is 0.357 e. The fourth-order valence-corrected chi connectivity index (χ4v) is 4.67. The van der Waals surface area contributed by atoms with Gasteiger partial charge < -0.3 is 5.32 Å². The van der Waals surface area contributed by atoms with Crippen molar-refractivity contribution >= 4 is 39.5 Å². The smallest absolute Gasteiger partial charge is 0.347 e. The van der Waals surface area contributed by atoms with Crippen LogP contribution in [0.5, 0.6) is 0 Å². The van der Waals surface area contributed by atoms with Crippen LogP contribution in [0.1, 0.15) is 51.6 Å². The molecule has 0 aliphatic heterocycles. The first-order chi connectivity index (χ1) is 15.8. The highest BCUT2D eigenvalue weighted by molar-refractivity contribution is 7.87. The van der Waals surface area contributed by atoms with Gasteiger partial charge >= 0.3 is 10.3 Å². The van der Waals surface area contributed by atoms with Crippen molar-refractivity contribution < 1.29 is 22.6 Å². The quantitative estimate of drug-likeness (QED) is 0.279. The number of thiazole rings is 1. The summed E-state index contributed by atoms with van der Waals surface area (Å²) in [6.45, 7) is 2.01. The highest BCUT2D eigenvalue weighted by atomic mass is 32.2. The molecule has 10 heteroatoms. The van der Waals surface area contributed by atoms with Gasteiger partial charge in [0.25, 0.3) is 0 Å². The molecule has 2 aromatic carbocycles. The van der Waals surface area contributed by atoms with Crippen LogP contribution in [0, 0.1) is 0 Å². The minimum absolute atomic E-state index is 0.130. The Balaban J connectivity index is 1.70. The summed E-state index contributed by atoms with van der Waals surface area (Å²) in [5.74, 6) is -0.130. The van der Waals surface area contributed by atoms with E-state index in [2.05, 4.69) is 10.3 Å². The summed E-state index contributed by atoms with van der Waals surface area (Å²) in [4.78, 5) is 28.3. The number of anilines is 1. The van der Waals surface area contributed by atoms with Gasteiger partial charge in [-0.25, -0.2) is 4.98 Å². The maximum absolute atomic E-state index is 12.7. The predicted octanol–water partition coefficient (Wildman–Crippen LogP) is 3.77. The lowest BCUT2D eigenvalue weighted by Gasteiger charge is -2.17. The van der Waals surface area contributed by atoms with Crippen molar-refractivity contribution in [3.63, 3.8) is 0 Å². The number of aromatic nitrogens is 1. The summed E-state index contributed by atoms with van der Waals surface area (Å²) < 4.78 is 32.9. The molecule has 0 aliphatic rings. The van der Waals surface area contributed by atoms with Crippen LogP contribution in [0.3, 0.4) is 0 Å². The molecule has 3 N–H and O–H groups in total. The maximum Gasteiger partial charge on any atom is 0.357 e. The van der Waals surface area contributed by atoms with Crippen LogP contribution in [-0.4, -0.2) is 30.1 Å². The van der Waals surface area contributed by atoms with Crippen LogP contribution in [0.2, 0.25) is 0 Å². The fraction of sp³-hybridized carbons (Fsp3) is 0.261. The van der Waals surface area contributed by atoms with E-state index in [1.807, 2.05) is 23.1 Å². The Morgan fingerprint density at radius 2 is 1.94 bits per heavy atom. The Kier molecular flexibility index (Phi) is 8.32. The molecule has 1 heterocycles. The number of carbonyl (C=O) groups is 2. The van der Waals surface area contributed by atoms with E-state index in [4.69, 9.17) is 4.55 Å². The summed E-state index contributed by atoms with van der Waals surface area (Å²) in [6, 6.07) is 13.4. The second-order valence-corrected chi connectivity index (χ2v) is 9.54. The molecule has 0 saturated heterocycles. The summed E-state index contributed by atoms with van der Waals surface area (Å²) >= 11 is 1.48. The zero-order valence-corrected chi connectivity index (χ0v) is 19.7. The third-order valence-electron chi connectivity index (χ3n) is 4.93. The van der Waals surface area contributed by atoms with E-state index in [1.54, 1.807) is 42.5 Å². The molecular formula is C23H25N3O5S2. The SMILES string of the molecule is CCc1csc([C@H](Cc2ccc(NS(=O)(=O)O)cc2)NC(=O)CCc2cccc(C=O)c2)n1. The molecule has 0 radical (unpaired) electrons. The summed E-state index contributed by atoms with van der Waals surface area (Å²) in [6.07, 6.45) is 2.82. The molecule has 1 atom stereocenters. The van der Waals surface area contributed by atoms with Crippen LogP contribution in [0.25, 0.3) is 0 Å². The van der Waals surface area contributed by atoms with E-state index in [9.17, 15) is 18.0 Å². The van der Waals surface area contributed by atoms with Gasteiger partial charge in [0.05, 0.1) is 17.4 Å². The third-order valence-corrected chi connectivity index (χ3v) is 6.43. The van der Waals surface area contributed by atoms with Crippen molar-refractivity contribution in [2.24, 2.45) is 0 Å². The molecule has 1 amide bonds. The lowest BCUT2D eigenvalue weighted by atomic mass is 10.0. The minimum atomic E-state index is -4.34. The number of hydrogen-bond acceptors (Lipinski definition) is 6. The van der Waals surface area contributed by atoms with Gasteiger partial charge in [-0.1, -0.05) is 37.3 Å². The molecule has 8 nitrogen and oxygen atoms in total. The van der Waals surface area contributed by atoms with Gasteiger partial charge in [0.15, 0.2) is 0 Å². The molecule has 0 spiro atoms. The summed E-state index contributed by atoms with van der Waals surface area (Å²) in [5.41, 5.74) is 3.55. The first-order valence-electron chi connectivity index (χ1n) is 10.4. The lowest BCUT2D eigenvalue weighted by Crippen LogP contribution is -2.30. The highest BCUT2D eigenvalue weighted by Gasteiger charge is 2.19. The number of aldehydes is 1. The Hall–Kier alpha value is -3.08. The van der Waals surface area contributed by atoms with Crippen LogP contribution >= 0.6 is 11.3 Å². The number of rotatable bonds is 11. The summed E-state index contributed by atoms with van der Waals surface area (Å²) in [7, 11) is -4.34. The van der Waals surface area contributed by atoms with E-state index in [-0.39, 0.29) is 24.1 Å². The molecule has 0 fully saturated rings. The van der Waals surface area contributed by atoms with Gasteiger partial charge in [-0.15, -0.1) is 11.3 Å². The number of carbonyl (C=O) groups excluding carboxylic acids is 2. The number of aryl methyl sites for hydroxylation is 2. The highest BCUT2D eigenvalue weighted by Crippen LogP contribution is 2.24. The van der Waals surface area contributed by atoms with E-state index >= 15 is 0 Å². The van der Waals surface area contributed by atoms with Gasteiger partial charge in [0.2, 0.25) is 5.91 Å². The Bertz CT molecular complexity index is 1210. The van der Waals surface area contributed by atoms with Crippen LogP contribution in [0.4, 0.5) is 5.69 Å². The van der Waals surface area contributed by atoms with Crippen molar-refractivity contribution in [3.8, 4) is 0 Å². The van der Waals surface area contributed by atoms with E-state index < -0.39 is 10.3 Å². The van der Waals surface area contributed by atoms with E-state index in [0.29, 0.717) is 18.4 Å². The van der Waals surface area contributed by atoms with Gasteiger partial charge in [-0.3, -0.25) is 18.9 Å². The molecule has 3 rings (SSSR count). The molecule has 0 saturated carbocycles. The molecule has 0 aliphatic carbocycles. The Labute approximate surface area is 197 Å². The monoisotopic (exact) mass is 487 g/mol. The second kappa shape index (κ2) is 11.2. The van der Waals surface area contributed by atoms with Gasteiger partial charge in [0.1, 0.15) is 11.3 Å². The number of nitrogens with one attached hydrogen (secondary N) is 2. The zero-order valence-electron chi connectivity index (χ0n) is 18.0. The molecular weight excluding hydrogens is 462 g/mol. The lowest BCUT2D eigenvalue weighted by molar-refractivity contribution is -0.121. The standard InChI is InChI=1S/C23H25N3O5S2/c1-2-19-15-32-23(24-19)21(13-17-6-9-20(10-7-17)26-33(29,30)31)25-22(28)11-8-16-4-3-5-18(12-16)14-27/h3-7,9-10,12,14-15,21,26H,2,8,11,13H2,1H3,(H,25,28)(H,29,30,31)/t21-/m0/s1. The van der Waals surface area contributed by atoms with E-state index in [1.165, 1.54) is 11.3 Å². The topological polar surface area (TPSA) is 125 Å². The average Bonchev–Trinajstić information content (AvgIpc) is 3.27. The van der Waals surface area contributed by atoms with Gasteiger partial charge in [-0.05, 0) is 48.6 Å². The normalized spacial score (nSPS) is 12.2. The van der Waals surface area contributed by atoms with Gasteiger partial charge in [0, 0.05) is 17.4 Å². The number of nitrogens with zero attached hydrogens (tertiary/aromatic N) is 1. The minimum Gasteiger partial charge on any atom is -0.347 e. The average molecular weight is 488 g/mol. The van der Waals surface area contributed by atoms with Crippen LogP contribution in [0.15, 0.2) is 53.9 Å².